The quantitative estimate of drug-likeness (QED) is 0.389. The van der Waals surface area contributed by atoms with Crippen molar-refractivity contribution in [2.75, 3.05) is 13.1 Å². The molecule has 2 atom stereocenters. The highest BCUT2D eigenvalue weighted by Crippen LogP contribution is 2.53. The summed E-state index contributed by atoms with van der Waals surface area (Å²) in [6.07, 6.45) is 8.45. The molecule has 6 rings (SSSR count). The molecule has 0 aliphatic heterocycles. The molecular weight excluding hydrogens is 492 g/mol. The molecule has 0 saturated heterocycles. The van der Waals surface area contributed by atoms with Gasteiger partial charge in [-0.15, -0.1) is 0 Å². The van der Waals surface area contributed by atoms with Crippen LogP contribution >= 0.6 is 0 Å². The maximum Gasteiger partial charge on any atom is 0.217 e. The number of sulfonamides is 1. The van der Waals surface area contributed by atoms with Gasteiger partial charge in [0.25, 0.3) is 0 Å². The SMILES string of the molecule is C[C@]12Cc3cnn(-c4ccc(F)cc4)c3C=C1CC[C@@H]2CN(CCc1ccccc1F)S(=O)(=O)C1CC1. The van der Waals surface area contributed by atoms with E-state index >= 15 is 0 Å². The number of nitrogens with zero attached hydrogens (tertiary/aromatic N) is 3. The van der Waals surface area contributed by atoms with Gasteiger partial charge in [0.05, 0.1) is 22.8 Å². The maximum atomic E-state index is 14.3. The van der Waals surface area contributed by atoms with E-state index in [0.29, 0.717) is 37.9 Å². The Balaban J connectivity index is 1.26. The van der Waals surface area contributed by atoms with E-state index in [0.717, 1.165) is 36.2 Å². The van der Waals surface area contributed by atoms with Crippen LogP contribution in [-0.4, -0.2) is 40.8 Å². The lowest BCUT2D eigenvalue weighted by Crippen LogP contribution is -2.43. The molecule has 5 nitrogen and oxygen atoms in total. The Hall–Kier alpha value is -2.84. The molecule has 2 fully saturated rings. The van der Waals surface area contributed by atoms with E-state index in [-0.39, 0.29) is 28.2 Å². The van der Waals surface area contributed by atoms with Gasteiger partial charge in [0.2, 0.25) is 10.0 Å². The van der Waals surface area contributed by atoms with Crippen LogP contribution in [-0.2, 0) is 22.9 Å². The number of halogens is 2. The van der Waals surface area contributed by atoms with Gasteiger partial charge >= 0.3 is 0 Å². The lowest BCUT2D eigenvalue weighted by atomic mass is 9.70. The highest BCUT2D eigenvalue weighted by atomic mass is 32.2. The second-order valence-corrected chi connectivity index (χ2v) is 13.1. The smallest absolute Gasteiger partial charge is 0.217 e. The van der Waals surface area contributed by atoms with E-state index in [1.165, 1.54) is 23.8 Å². The van der Waals surface area contributed by atoms with Crippen LogP contribution in [0, 0.1) is 23.0 Å². The van der Waals surface area contributed by atoms with Crippen LogP contribution in [0.4, 0.5) is 8.78 Å². The zero-order valence-corrected chi connectivity index (χ0v) is 21.7. The first-order valence-corrected chi connectivity index (χ1v) is 14.5. The Morgan fingerprint density at radius 1 is 1.08 bits per heavy atom. The second-order valence-electron chi connectivity index (χ2n) is 10.9. The largest absolute Gasteiger partial charge is 0.233 e. The molecule has 1 heterocycles. The molecule has 0 unspecified atom stereocenters. The van der Waals surface area contributed by atoms with Gasteiger partial charge in [0.15, 0.2) is 0 Å². The van der Waals surface area contributed by atoms with E-state index < -0.39 is 10.0 Å². The molecule has 3 aliphatic carbocycles. The maximum absolute atomic E-state index is 14.3. The van der Waals surface area contributed by atoms with Crippen molar-refractivity contribution in [2.24, 2.45) is 11.3 Å². The Bertz CT molecular complexity index is 1460. The molecule has 0 amide bonds. The van der Waals surface area contributed by atoms with E-state index in [9.17, 15) is 17.2 Å². The third kappa shape index (κ3) is 4.44. The highest BCUT2D eigenvalue weighted by molar-refractivity contribution is 7.90. The van der Waals surface area contributed by atoms with Crippen molar-refractivity contribution >= 4 is 16.1 Å². The van der Waals surface area contributed by atoms with Crippen LogP contribution in [0.1, 0.15) is 49.4 Å². The van der Waals surface area contributed by atoms with Crippen molar-refractivity contribution in [1.82, 2.24) is 14.1 Å². The Morgan fingerprint density at radius 3 is 2.57 bits per heavy atom. The first-order chi connectivity index (χ1) is 17.8. The van der Waals surface area contributed by atoms with Crippen molar-refractivity contribution in [3.05, 3.63) is 88.8 Å². The molecule has 2 aromatic carbocycles. The Kier molecular flexibility index (Phi) is 6.07. The fourth-order valence-corrected chi connectivity index (χ4v) is 7.99. The zero-order valence-electron chi connectivity index (χ0n) is 20.9. The molecule has 3 aromatic rings. The average molecular weight is 524 g/mol. The minimum atomic E-state index is -3.41. The molecule has 0 radical (unpaired) electrons. The fourth-order valence-electron chi connectivity index (χ4n) is 6.11. The average Bonchev–Trinajstić information content (AvgIpc) is 3.60. The van der Waals surface area contributed by atoms with Crippen molar-refractivity contribution in [3.8, 4) is 5.69 Å². The number of aromatic nitrogens is 2. The second kappa shape index (κ2) is 9.17. The monoisotopic (exact) mass is 523 g/mol. The summed E-state index contributed by atoms with van der Waals surface area (Å²) in [4.78, 5) is 0. The van der Waals surface area contributed by atoms with Crippen molar-refractivity contribution in [3.63, 3.8) is 0 Å². The normalized spacial score (nSPS) is 23.1. The minimum absolute atomic E-state index is 0.162. The highest BCUT2D eigenvalue weighted by Gasteiger charge is 2.48. The van der Waals surface area contributed by atoms with Gasteiger partial charge < -0.3 is 0 Å². The molecule has 1 aromatic heterocycles. The van der Waals surface area contributed by atoms with E-state index in [1.54, 1.807) is 34.6 Å². The summed E-state index contributed by atoms with van der Waals surface area (Å²) in [6, 6.07) is 12.9. The molecule has 2 saturated carbocycles. The van der Waals surface area contributed by atoms with E-state index in [2.05, 4.69) is 18.1 Å². The Labute approximate surface area is 216 Å². The minimum Gasteiger partial charge on any atom is -0.233 e. The summed E-state index contributed by atoms with van der Waals surface area (Å²) < 4.78 is 58.0. The van der Waals surface area contributed by atoms with Crippen LogP contribution in [0.5, 0.6) is 0 Å². The number of hydrogen-bond acceptors (Lipinski definition) is 3. The number of hydrogen-bond donors (Lipinski definition) is 0. The Morgan fingerprint density at radius 2 is 1.84 bits per heavy atom. The van der Waals surface area contributed by atoms with Crippen molar-refractivity contribution in [2.45, 2.75) is 50.7 Å². The third-order valence-corrected chi connectivity index (χ3v) is 10.9. The summed E-state index contributed by atoms with van der Waals surface area (Å²) in [5.74, 6) is -0.410. The predicted octanol–water partition coefficient (Wildman–Crippen LogP) is 5.54. The molecule has 8 heteroatoms. The summed E-state index contributed by atoms with van der Waals surface area (Å²) >= 11 is 0. The van der Waals surface area contributed by atoms with Crippen LogP contribution in [0.15, 0.2) is 60.3 Å². The first-order valence-electron chi connectivity index (χ1n) is 13.0. The standard InChI is InChI=1S/C29H31F2N3O2S/c1-29-17-21-18-32-34(25-10-8-24(30)9-11-25)28(21)16-22(29)6-7-23(29)19-33(37(35,36)26-12-13-26)15-14-20-4-2-3-5-27(20)31/h2-5,8-11,16,18,23,26H,6-7,12-15,17,19H2,1H3/t23-,29+/m1/s1. The fraction of sp³-hybridized carbons (Fsp3) is 0.414. The summed E-state index contributed by atoms with van der Waals surface area (Å²) in [6.45, 7) is 2.98. The van der Waals surface area contributed by atoms with Gasteiger partial charge in [-0.2, -0.15) is 5.10 Å². The number of allylic oxidation sites excluding steroid dienone is 1. The van der Waals surface area contributed by atoms with Crippen molar-refractivity contribution in [1.29, 1.82) is 0 Å². The summed E-state index contributed by atoms with van der Waals surface area (Å²) in [5, 5.41) is 4.29. The zero-order chi connectivity index (χ0) is 25.8. The molecule has 3 aliphatic rings. The topological polar surface area (TPSA) is 55.2 Å². The lowest BCUT2D eigenvalue weighted by molar-refractivity contribution is 0.221. The number of benzene rings is 2. The van der Waals surface area contributed by atoms with Gasteiger partial charge in [-0.3, -0.25) is 0 Å². The van der Waals surface area contributed by atoms with Crippen LogP contribution in [0.25, 0.3) is 11.8 Å². The van der Waals surface area contributed by atoms with Crippen LogP contribution in [0.3, 0.4) is 0 Å². The van der Waals surface area contributed by atoms with Crippen molar-refractivity contribution < 1.29 is 17.2 Å². The molecule has 0 spiro atoms. The van der Waals surface area contributed by atoms with Gasteiger partial charge in [-0.1, -0.05) is 30.7 Å². The molecule has 194 valence electrons. The first kappa shape index (κ1) is 24.5. The van der Waals surface area contributed by atoms with Crippen LogP contribution < -0.4 is 0 Å². The van der Waals surface area contributed by atoms with Gasteiger partial charge in [-0.25, -0.2) is 26.2 Å². The van der Waals surface area contributed by atoms with Gasteiger partial charge in [-0.05, 0) is 97.4 Å². The molecule has 0 N–H and O–H groups in total. The van der Waals surface area contributed by atoms with E-state index in [1.807, 2.05) is 10.9 Å². The summed E-state index contributed by atoms with van der Waals surface area (Å²) in [7, 11) is -3.41. The van der Waals surface area contributed by atoms with Gasteiger partial charge in [0, 0.05) is 13.1 Å². The number of rotatable bonds is 8. The molecular formula is C29H31F2N3O2S. The lowest BCUT2D eigenvalue weighted by Gasteiger charge is -2.38. The van der Waals surface area contributed by atoms with Gasteiger partial charge in [0.1, 0.15) is 11.6 Å². The molecule has 0 bridgehead atoms. The predicted molar refractivity (Wildman–Crippen MR) is 140 cm³/mol. The third-order valence-electron chi connectivity index (χ3n) is 8.54. The number of fused-ring (bicyclic) bond motifs is 2. The van der Waals surface area contributed by atoms with Crippen LogP contribution in [0.2, 0.25) is 0 Å². The summed E-state index contributed by atoms with van der Waals surface area (Å²) in [5.41, 5.74) is 4.64. The van der Waals surface area contributed by atoms with E-state index in [4.69, 9.17) is 0 Å². The molecule has 37 heavy (non-hydrogen) atoms.